The molecule has 1 saturated carbocycles. The van der Waals surface area contributed by atoms with E-state index in [9.17, 15) is 5.11 Å². The summed E-state index contributed by atoms with van der Waals surface area (Å²) in [7, 11) is 0. The van der Waals surface area contributed by atoms with Crippen molar-refractivity contribution in [3.63, 3.8) is 0 Å². The predicted octanol–water partition coefficient (Wildman–Crippen LogP) is 4.19. The third-order valence-electron chi connectivity index (χ3n) is 4.88. The summed E-state index contributed by atoms with van der Waals surface area (Å²) in [6.07, 6.45) is 17.6. The Morgan fingerprint density at radius 1 is 1.00 bits per heavy atom. The van der Waals surface area contributed by atoms with Crippen LogP contribution in [0.2, 0.25) is 0 Å². The molecule has 2 aliphatic rings. The molecule has 0 unspecified atom stereocenters. The lowest BCUT2D eigenvalue weighted by atomic mass is 9.81. The van der Waals surface area contributed by atoms with Crippen molar-refractivity contribution >= 4 is 0 Å². The maximum absolute atomic E-state index is 9.96. The Labute approximate surface area is 133 Å². The Morgan fingerprint density at radius 3 is 2.50 bits per heavy atom. The van der Waals surface area contributed by atoms with Crippen molar-refractivity contribution in [1.82, 2.24) is 4.90 Å². The summed E-state index contributed by atoms with van der Waals surface area (Å²) in [5.41, 5.74) is 2.53. The maximum Gasteiger partial charge on any atom is 0.0670 e. The molecule has 0 spiro atoms. The highest BCUT2D eigenvalue weighted by atomic mass is 16.3. The molecular formula is C20H25NO. The first-order valence-corrected chi connectivity index (χ1v) is 8.31. The molecule has 1 aliphatic heterocycles. The van der Waals surface area contributed by atoms with Gasteiger partial charge in [0, 0.05) is 12.4 Å². The average Bonchev–Trinajstić information content (AvgIpc) is 2.82. The highest BCUT2D eigenvalue weighted by molar-refractivity contribution is 5.33. The molecule has 0 atom stereocenters. The van der Waals surface area contributed by atoms with Gasteiger partial charge in [-0.25, -0.2) is 0 Å². The number of benzene rings is 1. The van der Waals surface area contributed by atoms with Gasteiger partial charge in [0.1, 0.15) is 0 Å². The molecule has 3 rings (SSSR count). The van der Waals surface area contributed by atoms with Crippen LogP contribution in [-0.2, 0) is 6.42 Å². The van der Waals surface area contributed by atoms with E-state index in [0.717, 1.165) is 19.3 Å². The quantitative estimate of drug-likeness (QED) is 0.900. The minimum atomic E-state index is -0.0959. The molecule has 0 amide bonds. The zero-order valence-corrected chi connectivity index (χ0v) is 13.1. The number of rotatable bonds is 4. The van der Waals surface area contributed by atoms with Gasteiger partial charge in [-0.05, 0) is 42.6 Å². The van der Waals surface area contributed by atoms with Crippen molar-refractivity contribution < 1.29 is 5.11 Å². The van der Waals surface area contributed by atoms with Crippen molar-refractivity contribution in [3.8, 4) is 0 Å². The van der Waals surface area contributed by atoms with Crippen molar-refractivity contribution in [2.24, 2.45) is 0 Å². The fourth-order valence-corrected chi connectivity index (χ4v) is 3.51. The van der Waals surface area contributed by atoms with Gasteiger partial charge in [0.25, 0.3) is 0 Å². The zero-order valence-electron chi connectivity index (χ0n) is 13.1. The van der Waals surface area contributed by atoms with E-state index in [4.69, 9.17) is 0 Å². The molecule has 0 saturated heterocycles. The molecule has 2 nitrogen and oxygen atoms in total. The first-order valence-electron chi connectivity index (χ1n) is 8.31. The van der Waals surface area contributed by atoms with E-state index >= 15 is 0 Å². The molecule has 0 radical (unpaired) electrons. The predicted molar refractivity (Wildman–Crippen MR) is 91.2 cm³/mol. The van der Waals surface area contributed by atoms with Gasteiger partial charge >= 0.3 is 0 Å². The first kappa shape index (κ1) is 15.1. The number of allylic oxidation sites excluding steroid dienone is 4. The second-order valence-corrected chi connectivity index (χ2v) is 6.41. The summed E-state index contributed by atoms with van der Waals surface area (Å²) in [5, 5.41) is 9.96. The second-order valence-electron chi connectivity index (χ2n) is 6.41. The van der Waals surface area contributed by atoms with E-state index in [1.54, 1.807) is 0 Å². The number of aliphatic hydroxyl groups is 1. The minimum Gasteiger partial charge on any atom is -0.394 e. The van der Waals surface area contributed by atoms with Gasteiger partial charge in [0.15, 0.2) is 0 Å². The second kappa shape index (κ2) is 6.97. The fourth-order valence-electron chi connectivity index (χ4n) is 3.51. The molecule has 22 heavy (non-hydrogen) atoms. The summed E-state index contributed by atoms with van der Waals surface area (Å²) < 4.78 is 0. The lowest BCUT2D eigenvalue weighted by Crippen LogP contribution is -2.47. The topological polar surface area (TPSA) is 23.5 Å². The Morgan fingerprint density at radius 2 is 1.77 bits per heavy atom. The monoisotopic (exact) mass is 295 g/mol. The maximum atomic E-state index is 9.96. The molecular weight excluding hydrogens is 270 g/mol. The smallest absolute Gasteiger partial charge is 0.0670 e. The van der Waals surface area contributed by atoms with Crippen LogP contribution in [0.5, 0.6) is 0 Å². The van der Waals surface area contributed by atoms with Crippen LogP contribution in [-0.4, -0.2) is 22.2 Å². The third-order valence-corrected chi connectivity index (χ3v) is 4.88. The fraction of sp³-hybridized carbons (Fsp3) is 0.400. The largest absolute Gasteiger partial charge is 0.394 e. The summed E-state index contributed by atoms with van der Waals surface area (Å²) in [6, 6.07) is 10.5. The Balaban J connectivity index is 1.73. The van der Waals surface area contributed by atoms with E-state index in [1.807, 2.05) is 0 Å². The molecule has 0 bridgehead atoms. The van der Waals surface area contributed by atoms with Gasteiger partial charge in [-0.3, -0.25) is 0 Å². The molecule has 1 heterocycles. The van der Waals surface area contributed by atoms with Gasteiger partial charge in [0.05, 0.1) is 12.1 Å². The molecule has 116 valence electrons. The van der Waals surface area contributed by atoms with E-state index in [0.29, 0.717) is 0 Å². The van der Waals surface area contributed by atoms with Crippen molar-refractivity contribution in [2.45, 2.75) is 44.1 Å². The summed E-state index contributed by atoms with van der Waals surface area (Å²) >= 11 is 0. The van der Waals surface area contributed by atoms with Crippen LogP contribution in [0.1, 0.15) is 37.7 Å². The number of aliphatic hydroxyl groups excluding tert-OH is 1. The van der Waals surface area contributed by atoms with E-state index < -0.39 is 0 Å². The van der Waals surface area contributed by atoms with Gasteiger partial charge in [-0.2, -0.15) is 0 Å². The van der Waals surface area contributed by atoms with E-state index in [-0.39, 0.29) is 12.1 Å². The number of nitrogens with zero attached hydrogens (tertiary/aromatic N) is 1. The van der Waals surface area contributed by atoms with Crippen LogP contribution in [0.15, 0.2) is 66.5 Å². The van der Waals surface area contributed by atoms with Crippen LogP contribution in [0, 0.1) is 0 Å². The lowest BCUT2D eigenvalue weighted by molar-refractivity contribution is 0.0613. The summed E-state index contributed by atoms with van der Waals surface area (Å²) in [5.74, 6) is 0. The zero-order chi connectivity index (χ0) is 15.3. The van der Waals surface area contributed by atoms with Crippen molar-refractivity contribution in [2.75, 3.05) is 6.61 Å². The van der Waals surface area contributed by atoms with Crippen LogP contribution >= 0.6 is 0 Å². The standard InChI is InChI=1S/C20H25NO/c22-17-20(12-5-2-6-13-20)21-14-7-10-19(11-15-21)16-18-8-3-1-4-9-18/h1,3-4,7-11,14-15,22H,2,5-6,12-13,16-17H2. The molecule has 0 aromatic heterocycles. The minimum absolute atomic E-state index is 0.0959. The van der Waals surface area contributed by atoms with Gasteiger partial charge < -0.3 is 10.0 Å². The normalized spacial score (nSPS) is 20.6. The number of hydrogen-bond donors (Lipinski definition) is 1. The Hall–Kier alpha value is -1.80. The lowest BCUT2D eigenvalue weighted by Gasteiger charge is -2.43. The van der Waals surface area contributed by atoms with Crippen LogP contribution in [0.4, 0.5) is 0 Å². The van der Waals surface area contributed by atoms with E-state index in [2.05, 4.69) is 65.9 Å². The Bertz CT molecular complexity index is 565. The summed E-state index contributed by atoms with van der Waals surface area (Å²) in [6.45, 7) is 0.232. The third kappa shape index (κ3) is 3.33. The molecule has 1 fully saturated rings. The van der Waals surface area contributed by atoms with Crippen molar-refractivity contribution in [1.29, 1.82) is 0 Å². The highest BCUT2D eigenvalue weighted by Gasteiger charge is 2.35. The molecule has 1 aromatic carbocycles. The van der Waals surface area contributed by atoms with Crippen LogP contribution in [0.25, 0.3) is 0 Å². The van der Waals surface area contributed by atoms with Crippen LogP contribution < -0.4 is 0 Å². The van der Waals surface area contributed by atoms with Crippen LogP contribution in [0.3, 0.4) is 0 Å². The molecule has 2 heteroatoms. The first-order chi connectivity index (χ1) is 10.8. The van der Waals surface area contributed by atoms with E-state index in [1.165, 1.54) is 30.4 Å². The average molecular weight is 295 g/mol. The van der Waals surface area contributed by atoms with Gasteiger partial charge in [0.2, 0.25) is 0 Å². The SMILES string of the molecule is OCC1(N2C=CC=C(Cc3ccccc3)C=C2)CCCCC1. The van der Waals surface area contributed by atoms with Gasteiger partial charge in [-0.1, -0.05) is 55.7 Å². The molecule has 1 aromatic rings. The van der Waals surface area contributed by atoms with Gasteiger partial charge in [-0.15, -0.1) is 0 Å². The summed E-state index contributed by atoms with van der Waals surface area (Å²) in [4.78, 5) is 2.24. The highest BCUT2D eigenvalue weighted by Crippen LogP contribution is 2.34. The number of hydrogen-bond acceptors (Lipinski definition) is 2. The molecule has 1 aliphatic carbocycles. The Kier molecular flexibility index (Phi) is 4.79. The molecule has 1 N–H and O–H groups in total. The van der Waals surface area contributed by atoms with Crippen molar-refractivity contribution in [3.05, 3.63) is 72.1 Å².